The van der Waals surface area contributed by atoms with E-state index in [0.29, 0.717) is 4.64 Å². The Balaban J connectivity index is 2.99. The van der Waals surface area contributed by atoms with Crippen LogP contribution in [0.4, 0.5) is 0 Å². The molecule has 0 bridgehead atoms. The van der Waals surface area contributed by atoms with Crippen LogP contribution in [-0.4, -0.2) is 20.0 Å². The molecule has 2 aromatic rings. The zero-order valence-electron chi connectivity index (χ0n) is 4.98. The Morgan fingerprint density at radius 2 is 2.40 bits per heavy atom. The summed E-state index contributed by atoms with van der Waals surface area (Å²) in [6.07, 6.45) is 1.66. The second-order valence-electron chi connectivity index (χ2n) is 1.88. The van der Waals surface area contributed by atoms with E-state index in [4.69, 9.17) is 12.2 Å². The van der Waals surface area contributed by atoms with Gasteiger partial charge in [0.05, 0.1) is 6.20 Å². The Bertz CT molecular complexity index is 401. The Labute approximate surface area is 61.5 Å². The molecule has 0 aromatic carbocycles. The van der Waals surface area contributed by atoms with Crippen LogP contribution in [-0.2, 0) is 0 Å². The van der Waals surface area contributed by atoms with Crippen LogP contribution in [0.25, 0.3) is 5.52 Å². The van der Waals surface area contributed by atoms with E-state index in [0.717, 1.165) is 5.52 Å². The Morgan fingerprint density at radius 1 is 1.50 bits per heavy atom. The van der Waals surface area contributed by atoms with Crippen molar-refractivity contribution in [2.75, 3.05) is 0 Å². The summed E-state index contributed by atoms with van der Waals surface area (Å²) in [7, 11) is 0. The highest BCUT2D eigenvalue weighted by molar-refractivity contribution is 7.71. The highest BCUT2D eigenvalue weighted by Gasteiger charge is 1.89. The third-order valence-electron chi connectivity index (χ3n) is 1.20. The Kier molecular flexibility index (Phi) is 1.04. The van der Waals surface area contributed by atoms with E-state index in [-0.39, 0.29) is 0 Å². The smallest absolute Gasteiger partial charge is 0.119 e. The van der Waals surface area contributed by atoms with Crippen molar-refractivity contribution in [1.82, 2.24) is 20.0 Å². The van der Waals surface area contributed by atoms with Gasteiger partial charge >= 0.3 is 0 Å². The molecule has 0 saturated heterocycles. The Hall–Kier alpha value is -1.23. The lowest BCUT2D eigenvalue weighted by atomic mass is 10.5. The first-order valence-corrected chi connectivity index (χ1v) is 3.17. The van der Waals surface area contributed by atoms with Crippen molar-refractivity contribution < 1.29 is 0 Å². The van der Waals surface area contributed by atoms with Gasteiger partial charge < -0.3 is 0 Å². The van der Waals surface area contributed by atoms with E-state index >= 15 is 0 Å². The summed E-state index contributed by atoms with van der Waals surface area (Å²) < 4.78 is 2.18. The molecule has 0 atom stereocenters. The molecule has 4 nitrogen and oxygen atoms in total. The van der Waals surface area contributed by atoms with Crippen molar-refractivity contribution in [2.24, 2.45) is 0 Å². The average molecular weight is 152 g/mol. The van der Waals surface area contributed by atoms with Gasteiger partial charge in [-0.1, -0.05) is 12.2 Å². The van der Waals surface area contributed by atoms with Crippen LogP contribution in [0.3, 0.4) is 0 Å². The van der Waals surface area contributed by atoms with Crippen LogP contribution in [0, 0.1) is 4.64 Å². The highest BCUT2D eigenvalue weighted by atomic mass is 32.1. The molecule has 0 spiro atoms. The van der Waals surface area contributed by atoms with Gasteiger partial charge in [-0.15, -0.1) is 5.10 Å². The standard InChI is InChI=1S/C5H4N4S/c10-5-2-1-4-3-6-8-9(4)7-5/h1-3H,(H,7,10). The van der Waals surface area contributed by atoms with E-state index in [1.54, 1.807) is 12.3 Å². The van der Waals surface area contributed by atoms with E-state index in [9.17, 15) is 0 Å². The molecular formula is C5H4N4S. The van der Waals surface area contributed by atoms with Gasteiger partial charge in [0.1, 0.15) is 10.2 Å². The van der Waals surface area contributed by atoms with Gasteiger partial charge in [0.25, 0.3) is 0 Å². The van der Waals surface area contributed by atoms with Crippen molar-refractivity contribution in [1.29, 1.82) is 0 Å². The van der Waals surface area contributed by atoms with Crippen LogP contribution in [0.1, 0.15) is 0 Å². The quantitative estimate of drug-likeness (QED) is 0.567. The fraction of sp³-hybridized carbons (Fsp3) is 0. The number of nitrogens with zero attached hydrogens (tertiary/aromatic N) is 3. The zero-order valence-corrected chi connectivity index (χ0v) is 5.80. The molecule has 2 rings (SSSR count). The summed E-state index contributed by atoms with van der Waals surface area (Å²) in [6.45, 7) is 0. The number of rotatable bonds is 0. The topological polar surface area (TPSA) is 46.0 Å². The minimum absolute atomic E-state index is 0.651. The number of hydrogen-bond acceptors (Lipinski definition) is 3. The maximum absolute atomic E-state index is 4.86. The maximum atomic E-state index is 4.86. The second kappa shape index (κ2) is 1.88. The molecule has 0 saturated carbocycles. The van der Waals surface area contributed by atoms with Crippen LogP contribution in [0.5, 0.6) is 0 Å². The predicted molar refractivity (Wildman–Crippen MR) is 38.2 cm³/mol. The van der Waals surface area contributed by atoms with Crippen molar-refractivity contribution in [3.63, 3.8) is 0 Å². The van der Waals surface area contributed by atoms with E-state index in [2.05, 4.69) is 15.4 Å². The first-order valence-electron chi connectivity index (χ1n) is 2.76. The molecule has 0 fully saturated rings. The summed E-state index contributed by atoms with van der Waals surface area (Å²) in [5.41, 5.74) is 0.911. The van der Waals surface area contributed by atoms with Crippen molar-refractivity contribution >= 4 is 17.7 Å². The summed E-state index contributed by atoms with van der Waals surface area (Å²) in [5.74, 6) is 0. The lowest BCUT2D eigenvalue weighted by Gasteiger charge is -1.87. The third kappa shape index (κ3) is 0.714. The molecule has 0 radical (unpaired) electrons. The normalized spacial score (nSPS) is 10.4. The van der Waals surface area contributed by atoms with Gasteiger partial charge in [-0.25, -0.2) is 0 Å². The van der Waals surface area contributed by atoms with Crippen LogP contribution >= 0.6 is 12.2 Å². The van der Waals surface area contributed by atoms with E-state index < -0.39 is 0 Å². The van der Waals surface area contributed by atoms with Crippen LogP contribution in [0.15, 0.2) is 18.3 Å². The Morgan fingerprint density at radius 3 is 3.30 bits per heavy atom. The fourth-order valence-electron chi connectivity index (χ4n) is 0.746. The molecule has 2 aromatic heterocycles. The monoisotopic (exact) mass is 152 g/mol. The number of aromatic amines is 1. The lowest BCUT2D eigenvalue weighted by molar-refractivity contribution is 0.738. The first-order chi connectivity index (χ1) is 4.86. The summed E-state index contributed by atoms with van der Waals surface area (Å²) in [6, 6.07) is 3.66. The third-order valence-corrected chi connectivity index (χ3v) is 1.42. The number of hydrogen-bond donors (Lipinski definition) is 1. The molecular weight excluding hydrogens is 148 g/mol. The van der Waals surface area contributed by atoms with Crippen molar-refractivity contribution in [2.45, 2.75) is 0 Å². The zero-order chi connectivity index (χ0) is 6.97. The average Bonchev–Trinajstić information content (AvgIpc) is 2.33. The molecule has 5 heteroatoms. The summed E-state index contributed by atoms with van der Waals surface area (Å²) in [4.78, 5) is 0. The number of aromatic nitrogens is 4. The van der Waals surface area contributed by atoms with E-state index in [1.165, 1.54) is 4.63 Å². The molecule has 50 valence electrons. The van der Waals surface area contributed by atoms with Crippen LogP contribution in [0.2, 0.25) is 0 Å². The van der Waals surface area contributed by atoms with Gasteiger partial charge in [-0.05, 0) is 17.3 Å². The molecule has 0 amide bonds. The molecule has 10 heavy (non-hydrogen) atoms. The molecule has 0 unspecified atom stereocenters. The number of fused-ring (bicyclic) bond motifs is 1. The largest absolute Gasteiger partial charge is 0.266 e. The summed E-state index contributed by atoms with van der Waals surface area (Å²) in [5, 5.41) is 10.2. The van der Waals surface area contributed by atoms with Gasteiger partial charge in [-0.2, -0.15) is 4.63 Å². The van der Waals surface area contributed by atoms with Gasteiger partial charge in [-0.3, -0.25) is 5.10 Å². The van der Waals surface area contributed by atoms with Gasteiger partial charge in [0.15, 0.2) is 0 Å². The van der Waals surface area contributed by atoms with Crippen molar-refractivity contribution in [3.8, 4) is 0 Å². The molecule has 0 aliphatic rings. The molecule has 0 aliphatic heterocycles. The number of nitrogens with one attached hydrogen (secondary N) is 1. The van der Waals surface area contributed by atoms with Crippen molar-refractivity contribution in [3.05, 3.63) is 23.0 Å². The minimum atomic E-state index is 0.651. The summed E-state index contributed by atoms with van der Waals surface area (Å²) >= 11 is 4.86. The van der Waals surface area contributed by atoms with Crippen LogP contribution < -0.4 is 0 Å². The first kappa shape index (κ1) is 5.55. The predicted octanol–water partition coefficient (Wildman–Crippen LogP) is 0.787. The SMILES string of the molecule is S=c1ccc2cnnn2[nH]1. The fourth-order valence-corrected chi connectivity index (χ4v) is 0.901. The second-order valence-corrected chi connectivity index (χ2v) is 2.32. The van der Waals surface area contributed by atoms with E-state index in [1.807, 2.05) is 6.07 Å². The maximum Gasteiger partial charge on any atom is 0.119 e. The molecule has 1 N–H and O–H groups in total. The molecule has 2 heterocycles. The molecule has 0 aliphatic carbocycles. The van der Waals surface area contributed by atoms with Gasteiger partial charge in [0.2, 0.25) is 0 Å². The number of H-pyrrole nitrogens is 1. The minimum Gasteiger partial charge on any atom is -0.266 e. The highest BCUT2D eigenvalue weighted by Crippen LogP contribution is 1.94. The lowest BCUT2D eigenvalue weighted by Crippen LogP contribution is -1.92. The van der Waals surface area contributed by atoms with Gasteiger partial charge in [0, 0.05) is 0 Å².